The zero-order chi connectivity index (χ0) is 20.1. The maximum atomic E-state index is 12.4. The molecule has 1 aromatic heterocycles. The molecule has 1 saturated heterocycles. The summed E-state index contributed by atoms with van der Waals surface area (Å²) in [5.41, 5.74) is 4.01. The zero-order valence-corrected chi connectivity index (χ0v) is 16.6. The van der Waals surface area contributed by atoms with Crippen molar-refractivity contribution in [2.45, 2.75) is 25.9 Å². The second-order valence-electron chi connectivity index (χ2n) is 7.46. The summed E-state index contributed by atoms with van der Waals surface area (Å²) >= 11 is 0. The summed E-state index contributed by atoms with van der Waals surface area (Å²) in [6.07, 6.45) is 2.74. The van der Waals surface area contributed by atoms with Crippen molar-refractivity contribution < 1.29 is 4.79 Å². The molecule has 3 aromatic rings. The van der Waals surface area contributed by atoms with Crippen LogP contribution in [0.1, 0.15) is 27.9 Å². The number of nitrogens with zero attached hydrogens (tertiary/aromatic N) is 2. The molecule has 2 aromatic carbocycles. The molecule has 1 atom stereocenters. The van der Waals surface area contributed by atoms with Gasteiger partial charge in [-0.05, 0) is 48.7 Å². The molecule has 5 nitrogen and oxygen atoms in total. The molecule has 1 unspecified atom stereocenters. The summed E-state index contributed by atoms with van der Waals surface area (Å²) in [7, 11) is 0. The highest BCUT2D eigenvalue weighted by atomic mass is 16.1. The molecular formula is C24H26N4O. The van der Waals surface area contributed by atoms with E-state index in [1.807, 2.05) is 42.5 Å². The molecule has 4 rings (SSSR count). The number of nitrogens with one attached hydrogen (secondary N) is 2. The van der Waals surface area contributed by atoms with Gasteiger partial charge < -0.3 is 15.5 Å². The van der Waals surface area contributed by atoms with Crippen LogP contribution in [-0.2, 0) is 6.54 Å². The predicted octanol–water partition coefficient (Wildman–Crippen LogP) is 4.01. The summed E-state index contributed by atoms with van der Waals surface area (Å²) in [6, 6.07) is 22.2. The summed E-state index contributed by atoms with van der Waals surface area (Å²) in [4.78, 5) is 19.2. The number of hydrogen-bond donors (Lipinski definition) is 2. The lowest BCUT2D eigenvalue weighted by Gasteiger charge is -2.18. The normalized spacial score (nSPS) is 16.0. The Bertz CT molecular complexity index is 956. The van der Waals surface area contributed by atoms with Crippen LogP contribution in [0.15, 0.2) is 72.9 Å². The molecule has 29 heavy (non-hydrogen) atoms. The quantitative estimate of drug-likeness (QED) is 0.672. The number of para-hydroxylation sites is 1. The second-order valence-corrected chi connectivity index (χ2v) is 7.46. The minimum absolute atomic E-state index is 0.144. The average Bonchev–Trinajstić information content (AvgIpc) is 3.23. The molecule has 0 saturated carbocycles. The zero-order valence-electron chi connectivity index (χ0n) is 16.6. The van der Waals surface area contributed by atoms with E-state index in [0.29, 0.717) is 11.6 Å². The van der Waals surface area contributed by atoms with Crippen molar-refractivity contribution >= 4 is 17.4 Å². The van der Waals surface area contributed by atoms with E-state index >= 15 is 0 Å². The van der Waals surface area contributed by atoms with Crippen molar-refractivity contribution in [3.63, 3.8) is 0 Å². The minimum atomic E-state index is -0.144. The van der Waals surface area contributed by atoms with E-state index in [1.54, 1.807) is 6.20 Å². The van der Waals surface area contributed by atoms with Gasteiger partial charge in [-0.2, -0.15) is 0 Å². The Balaban J connectivity index is 1.31. The van der Waals surface area contributed by atoms with Crippen molar-refractivity contribution in [1.82, 2.24) is 10.3 Å². The fourth-order valence-corrected chi connectivity index (χ4v) is 3.63. The van der Waals surface area contributed by atoms with Crippen LogP contribution in [0.2, 0.25) is 0 Å². The number of amides is 1. The highest BCUT2D eigenvalue weighted by molar-refractivity contribution is 6.04. The van der Waals surface area contributed by atoms with Gasteiger partial charge in [0, 0.05) is 37.6 Å². The molecule has 1 amide bonds. The van der Waals surface area contributed by atoms with Gasteiger partial charge in [0.1, 0.15) is 5.82 Å². The van der Waals surface area contributed by atoms with Crippen LogP contribution >= 0.6 is 0 Å². The smallest absolute Gasteiger partial charge is 0.257 e. The van der Waals surface area contributed by atoms with Crippen LogP contribution in [0, 0.1) is 6.92 Å². The molecule has 1 aliphatic rings. The van der Waals surface area contributed by atoms with Crippen molar-refractivity contribution in [1.29, 1.82) is 0 Å². The van der Waals surface area contributed by atoms with Gasteiger partial charge in [-0.25, -0.2) is 4.98 Å². The molecule has 1 fully saturated rings. The van der Waals surface area contributed by atoms with E-state index in [1.165, 1.54) is 11.1 Å². The lowest BCUT2D eigenvalue weighted by molar-refractivity contribution is 0.102. The summed E-state index contributed by atoms with van der Waals surface area (Å²) < 4.78 is 0. The van der Waals surface area contributed by atoms with Crippen LogP contribution in [0.4, 0.5) is 11.5 Å². The van der Waals surface area contributed by atoms with Crippen molar-refractivity contribution in [2.24, 2.45) is 0 Å². The second kappa shape index (κ2) is 8.88. The Kier molecular flexibility index (Phi) is 5.86. The Morgan fingerprint density at radius 1 is 1.07 bits per heavy atom. The lowest BCUT2D eigenvalue weighted by Crippen LogP contribution is -2.32. The molecule has 2 heterocycles. The van der Waals surface area contributed by atoms with Gasteiger partial charge in [0.15, 0.2) is 0 Å². The largest absolute Gasteiger partial charge is 0.355 e. The third-order valence-electron chi connectivity index (χ3n) is 5.40. The first kappa shape index (κ1) is 19.2. The fraction of sp³-hybridized carbons (Fsp3) is 0.250. The highest BCUT2D eigenvalue weighted by Crippen LogP contribution is 2.19. The molecular weight excluding hydrogens is 360 g/mol. The van der Waals surface area contributed by atoms with Crippen LogP contribution < -0.4 is 15.5 Å². The summed E-state index contributed by atoms with van der Waals surface area (Å²) in [5.74, 6) is 0.774. The first-order chi connectivity index (χ1) is 14.2. The molecule has 0 radical (unpaired) electrons. The third kappa shape index (κ3) is 4.81. The van der Waals surface area contributed by atoms with E-state index in [2.05, 4.69) is 51.7 Å². The first-order valence-electron chi connectivity index (χ1n) is 10.0. The number of benzene rings is 2. The molecule has 0 aliphatic carbocycles. The molecule has 5 heteroatoms. The molecule has 2 N–H and O–H groups in total. The average molecular weight is 386 g/mol. The van der Waals surface area contributed by atoms with E-state index in [9.17, 15) is 4.79 Å². The van der Waals surface area contributed by atoms with E-state index < -0.39 is 0 Å². The molecule has 148 valence electrons. The number of hydrogen-bond acceptors (Lipinski definition) is 4. The van der Waals surface area contributed by atoms with Crippen LogP contribution in [0.25, 0.3) is 0 Å². The maximum absolute atomic E-state index is 12.4. The summed E-state index contributed by atoms with van der Waals surface area (Å²) in [6.45, 7) is 4.93. The topological polar surface area (TPSA) is 57.3 Å². The van der Waals surface area contributed by atoms with E-state index in [-0.39, 0.29) is 5.91 Å². The van der Waals surface area contributed by atoms with Gasteiger partial charge in [-0.3, -0.25) is 4.79 Å². The Hall–Kier alpha value is -3.18. The molecule has 0 bridgehead atoms. The van der Waals surface area contributed by atoms with Crippen molar-refractivity contribution in [3.8, 4) is 0 Å². The van der Waals surface area contributed by atoms with Gasteiger partial charge in [0.2, 0.25) is 0 Å². The molecule has 0 spiro atoms. The maximum Gasteiger partial charge on any atom is 0.257 e. The minimum Gasteiger partial charge on any atom is -0.355 e. The Morgan fingerprint density at radius 3 is 2.62 bits per heavy atom. The van der Waals surface area contributed by atoms with Gasteiger partial charge in [-0.15, -0.1) is 0 Å². The highest BCUT2D eigenvalue weighted by Gasteiger charge is 2.23. The monoisotopic (exact) mass is 386 g/mol. The SMILES string of the molecule is Cc1ccccc1CNC1CCN(c2ccc(C(=O)Nc3ccccc3)cn2)C1. The summed E-state index contributed by atoms with van der Waals surface area (Å²) in [5, 5.41) is 6.55. The molecule has 1 aliphatic heterocycles. The van der Waals surface area contributed by atoms with Crippen molar-refractivity contribution in [2.75, 3.05) is 23.3 Å². The third-order valence-corrected chi connectivity index (χ3v) is 5.40. The van der Waals surface area contributed by atoms with Gasteiger partial charge >= 0.3 is 0 Å². The van der Waals surface area contributed by atoms with Crippen molar-refractivity contribution in [3.05, 3.63) is 89.6 Å². The number of aromatic nitrogens is 1. The number of carbonyl (C=O) groups excluding carboxylic acids is 1. The van der Waals surface area contributed by atoms with Crippen LogP contribution in [-0.4, -0.2) is 30.0 Å². The standard InChI is InChI=1S/C24H26N4O/c1-18-7-5-6-8-19(18)15-25-22-13-14-28(17-22)23-12-11-20(16-26-23)24(29)27-21-9-3-2-4-10-21/h2-12,16,22,25H,13-15,17H2,1H3,(H,27,29). The van der Waals surface area contributed by atoms with E-state index in [0.717, 1.165) is 37.6 Å². The van der Waals surface area contributed by atoms with E-state index in [4.69, 9.17) is 0 Å². The first-order valence-corrected chi connectivity index (χ1v) is 10.0. The van der Waals surface area contributed by atoms with Gasteiger partial charge in [-0.1, -0.05) is 42.5 Å². The fourth-order valence-electron chi connectivity index (χ4n) is 3.63. The number of pyridine rings is 1. The number of aryl methyl sites for hydroxylation is 1. The Morgan fingerprint density at radius 2 is 1.86 bits per heavy atom. The number of rotatable bonds is 6. The van der Waals surface area contributed by atoms with Gasteiger partial charge in [0.05, 0.1) is 5.56 Å². The lowest BCUT2D eigenvalue weighted by atomic mass is 10.1. The number of carbonyl (C=O) groups is 1. The Labute approximate surface area is 171 Å². The van der Waals surface area contributed by atoms with Crippen LogP contribution in [0.5, 0.6) is 0 Å². The van der Waals surface area contributed by atoms with Crippen LogP contribution in [0.3, 0.4) is 0 Å². The number of anilines is 2. The predicted molar refractivity (Wildman–Crippen MR) is 117 cm³/mol. The van der Waals surface area contributed by atoms with Gasteiger partial charge in [0.25, 0.3) is 5.91 Å².